The molecule has 2 aromatic carbocycles. The molecule has 0 N–H and O–H groups in total. The Hall–Kier alpha value is -1.94. The summed E-state index contributed by atoms with van der Waals surface area (Å²) in [5, 5.41) is -0.732. The first-order valence-electron chi connectivity index (χ1n) is 8.65. The van der Waals surface area contributed by atoms with E-state index < -0.39 is 16.0 Å². The van der Waals surface area contributed by atoms with Gasteiger partial charge in [0, 0.05) is 6.54 Å². The lowest BCUT2D eigenvalue weighted by Crippen LogP contribution is -2.42. The molecule has 3 atom stereocenters. The normalized spacial score (nSPS) is 23.9. The van der Waals surface area contributed by atoms with Gasteiger partial charge in [0.05, 0.1) is 10.8 Å². The molecule has 1 heterocycles. The first-order chi connectivity index (χ1) is 11.9. The Morgan fingerprint density at radius 3 is 1.96 bits per heavy atom. The van der Waals surface area contributed by atoms with Crippen molar-refractivity contribution in [1.82, 2.24) is 4.90 Å². The Morgan fingerprint density at radius 2 is 1.44 bits per heavy atom. The predicted molar refractivity (Wildman–Crippen MR) is 102 cm³/mol. The molecule has 4 heteroatoms. The summed E-state index contributed by atoms with van der Waals surface area (Å²) >= 11 is 0. The van der Waals surface area contributed by atoms with Gasteiger partial charge in [-0.25, -0.2) is 0 Å². The van der Waals surface area contributed by atoms with E-state index in [0.29, 0.717) is 13.0 Å². The molecule has 0 aliphatic carbocycles. The maximum Gasteiger partial charge on any atom is 0.240 e. The van der Waals surface area contributed by atoms with Crippen LogP contribution >= 0.6 is 0 Å². The summed E-state index contributed by atoms with van der Waals surface area (Å²) in [5.74, 6) is 0.00552. The third-order valence-electron chi connectivity index (χ3n) is 4.54. The van der Waals surface area contributed by atoms with Crippen LogP contribution in [0.25, 0.3) is 0 Å². The third-order valence-corrected chi connectivity index (χ3v) is 6.87. The summed E-state index contributed by atoms with van der Waals surface area (Å²) < 4.78 is 13.2. The van der Waals surface area contributed by atoms with Crippen molar-refractivity contribution in [2.24, 2.45) is 5.41 Å². The van der Waals surface area contributed by atoms with Gasteiger partial charge in [0.2, 0.25) is 5.91 Å². The van der Waals surface area contributed by atoms with Crippen LogP contribution in [0.3, 0.4) is 0 Å². The van der Waals surface area contributed by atoms with Crippen LogP contribution in [0.5, 0.6) is 0 Å². The first-order valence-corrected chi connectivity index (χ1v) is 9.93. The summed E-state index contributed by atoms with van der Waals surface area (Å²) in [6, 6.07) is 19.8. The molecule has 1 amide bonds. The maximum absolute atomic E-state index is 13.2. The number of hydrogen-bond acceptors (Lipinski definition) is 2. The van der Waals surface area contributed by atoms with E-state index in [9.17, 15) is 9.00 Å². The fourth-order valence-electron chi connectivity index (χ4n) is 3.44. The lowest BCUT2D eigenvalue weighted by molar-refractivity contribution is -0.131. The van der Waals surface area contributed by atoms with Crippen LogP contribution in [0.15, 0.2) is 60.7 Å². The molecular weight excluding hydrogens is 330 g/mol. The second-order valence-electron chi connectivity index (χ2n) is 7.68. The van der Waals surface area contributed by atoms with Crippen LogP contribution in [0.1, 0.15) is 31.9 Å². The van der Waals surface area contributed by atoms with Crippen molar-refractivity contribution in [1.29, 1.82) is 0 Å². The van der Waals surface area contributed by atoms with Crippen molar-refractivity contribution in [2.45, 2.75) is 44.4 Å². The van der Waals surface area contributed by atoms with Crippen LogP contribution in [0.4, 0.5) is 0 Å². The highest BCUT2D eigenvalue weighted by Gasteiger charge is 2.50. The highest BCUT2D eigenvalue weighted by atomic mass is 32.2. The number of carbonyl (C=O) groups is 1. The van der Waals surface area contributed by atoms with Crippen LogP contribution in [-0.2, 0) is 28.6 Å². The Kier molecular flexibility index (Phi) is 5.09. The highest BCUT2D eigenvalue weighted by Crippen LogP contribution is 2.36. The van der Waals surface area contributed by atoms with Gasteiger partial charge in [-0.05, 0) is 23.0 Å². The largest absolute Gasteiger partial charge is 0.322 e. The molecule has 2 aromatic rings. The van der Waals surface area contributed by atoms with Crippen LogP contribution in [-0.4, -0.2) is 25.6 Å². The topological polar surface area (TPSA) is 37.4 Å². The highest BCUT2D eigenvalue weighted by molar-refractivity contribution is 7.87. The second-order valence-corrected chi connectivity index (χ2v) is 9.35. The summed E-state index contributed by atoms with van der Waals surface area (Å²) in [5.41, 5.74) is 1.90. The molecule has 3 unspecified atom stereocenters. The molecule has 0 saturated carbocycles. The molecule has 0 spiro atoms. The molecule has 0 aromatic heterocycles. The van der Waals surface area contributed by atoms with Gasteiger partial charge in [-0.1, -0.05) is 81.4 Å². The molecule has 1 fully saturated rings. The average molecular weight is 356 g/mol. The minimum absolute atomic E-state index is 0.00552. The lowest BCUT2D eigenvalue weighted by Gasteiger charge is -2.33. The molecular formula is C21H25NO2S. The van der Waals surface area contributed by atoms with Crippen LogP contribution in [0.2, 0.25) is 0 Å². The molecule has 0 bridgehead atoms. The fourth-order valence-corrected chi connectivity index (χ4v) is 5.56. The third kappa shape index (κ3) is 3.84. The Bertz CT molecular complexity index is 752. The van der Waals surface area contributed by atoms with Crippen molar-refractivity contribution < 1.29 is 9.00 Å². The Morgan fingerprint density at radius 1 is 0.920 bits per heavy atom. The Labute approximate surface area is 152 Å². The van der Waals surface area contributed by atoms with E-state index in [1.807, 2.05) is 65.6 Å². The molecule has 132 valence electrons. The van der Waals surface area contributed by atoms with Gasteiger partial charge in [-0.15, -0.1) is 0 Å². The average Bonchev–Trinajstić information content (AvgIpc) is 2.81. The van der Waals surface area contributed by atoms with Crippen LogP contribution in [0, 0.1) is 5.41 Å². The van der Waals surface area contributed by atoms with E-state index in [0.717, 1.165) is 11.1 Å². The standard InChI is InChI=1S/C21H25NO2S/c1-21(2,3)20-22(15-17-12-8-5-9-13-17)19(23)18(25(20)24)14-16-10-6-4-7-11-16/h4-13,18,20H,14-15H2,1-3H3. The fraction of sp³-hybridized carbons (Fsp3) is 0.381. The Balaban J connectivity index is 1.89. The van der Waals surface area contributed by atoms with E-state index in [2.05, 4.69) is 20.8 Å². The smallest absolute Gasteiger partial charge is 0.240 e. The molecule has 1 saturated heterocycles. The van der Waals surface area contributed by atoms with Crippen molar-refractivity contribution in [3.05, 3.63) is 71.8 Å². The van der Waals surface area contributed by atoms with Gasteiger partial charge in [-0.3, -0.25) is 9.00 Å². The van der Waals surface area contributed by atoms with Gasteiger partial charge in [0.25, 0.3) is 0 Å². The molecule has 1 aliphatic rings. The number of nitrogens with zero attached hydrogens (tertiary/aromatic N) is 1. The zero-order valence-corrected chi connectivity index (χ0v) is 15.8. The zero-order chi connectivity index (χ0) is 18.0. The predicted octanol–water partition coefficient (Wildman–Crippen LogP) is 3.76. The monoisotopic (exact) mass is 355 g/mol. The van der Waals surface area contributed by atoms with E-state index in [4.69, 9.17) is 0 Å². The minimum atomic E-state index is -1.23. The number of rotatable bonds is 4. The number of amides is 1. The number of hydrogen-bond donors (Lipinski definition) is 0. The van der Waals surface area contributed by atoms with Crippen molar-refractivity contribution in [2.75, 3.05) is 0 Å². The molecule has 3 nitrogen and oxygen atoms in total. The lowest BCUT2D eigenvalue weighted by atomic mass is 9.95. The summed E-state index contributed by atoms with van der Waals surface area (Å²) in [6.45, 7) is 6.70. The quantitative estimate of drug-likeness (QED) is 0.837. The number of benzene rings is 2. The molecule has 1 aliphatic heterocycles. The van der Waals surface area contributed by atoms with Crippen molar-refractivity contribution in [3.8, 4) is 0 Å². The maximum atomic E-state index is 13.2. The van der Waals surface area contributed by atoms with Crippen molar-refractivity contribution in [3.63, 3.8) is 0 Å². The van der Waals surface area contributed by atoms with Crippen molar-refractivity contribution >= 4 is 16.7 Å². The van der Waals surface area contributed by atoms with E-state index in [-0.39, 0.29) is 16.7 Å². The first kappa shape index (κ1) is 17.9. The minimum Gasteiger partial charge on any atom is -0.322 e. The zero-order valence-electron chi connectivity index (χ0n) is 15.0. The second kappa shape index (κ2) is 7.12. The van der Waals surface area contributed by atoms with E-state index >= 15 is 0 Å². The summed E-state index contributed by atoms with van der Waals surface area (Å²) in [4.78, 5) is 14.9. The molecule has 25 heavy (non-hydrogen) atoms. The van der Waals surface area contributed by atoms with Gasteiger partial charge >= 0.3 is 0 Å². The van der Waals surface area contributed by atoms with Gasteiger partial charge in [-0.2, -0.15) is 0 Å². The SMILES string of the molecule is CC(C)(C)C1N(Cc2ccccc2)C(=O)C(Cc2ccccc2)S1=O. The van der Waals surface area contributed by atoms with Gasteiger partial charge < -0.3 is 4.90 Å². The summed E-state index contributed by atoms with van der Waals surface area (Å²) in [6.07, 6.45) is 0.532. The van der Waals surface area contributed by atoms with Gasteiger partial charge in [0.1, 0.15) is 10.6 Å². The number of carbonyl (C=O) groups excluding carboxylic acids is 1. The molecule has 3 rings (SSSR count). The van der Waals surface area contributed by atoms with E-state index in [1.165, 1.54) is 0 Å². The van der Waals surface area contributed by atoms with E-state index in [1.54, 1.807) is 0 Å². The molecule has 0 radical (unpaired) electrons. The van der Waals surface area contributed by atoms with Gasteiger partial charge in [0.15, 0.2) is 0 Å². The van der Waals surface area contributed by atoms with Crippen LogP contribution < -0.4 is 0 Å². The summed E-state index contributed by atoms with van der Waals surface area (Å²) in [7, 11) is -1.23.